The van der Waals surface area contributed by atoms with Crippen LogP contribution < -0.4 is 15.2 Å². The maximum absolute atomic E-state index is 13.2. The van der Waals surface area contributed by atoms with E-state index in [4.69, 9.17) is 14.2 Å². The van der Waals surface area contributed by atoms with Crippen LogP contribution in [-0.4, -0.2) is 54.0 Å². The number of ether oxygens (including phenoxy) is 3. The third-order valence-corrected chi connectivity index (χ3v) is 7.20. The van der Waals surface area contributed by atoms with Crippen molar-refractivity contribution in [3.63, 3.8) is 0 Å². The Labute approximate surface area is 208 Å². The zero-order chi connectivity index (χ0) is 24.9. The number of nitrogens with zero attached hydrogens (tertiary/aromatic N) is 3. The van der Waals surface area contributed by atoms with E-state index in [9.17, 15) is 4.79 Å². The van der Waals surface area contributed by atoms with Gasteiger partial charge in [-0.25, -0.2) is 4.79 Å². The highest BCUT2D eigenvalue weighted by molar-refractivity contribution is 5.76. The van der Waals surface area contributed by atoms with Gasteiger partial charge in [-0.05, 0) is 55.9 Å². The Bertz CT molecular complexity index is 1170. The van der Waals surface area contributed by atoms with Gasteiger partial charge >= 0.3 is 5.69 Å². The van der Waals surface area contributed by atoms with Crippen molar-refractivity contribution in [1.29, 1.82) is 0 Å². The average Bonchev–Trinajstić information content (AvgIpc) is 3.14. The zero-order valence-corrected chi connectivity index (χ0v) is 21.7. The van der Waals surface area contributed by atoms with Crippen molar-refractivity contribution in [2.24, 2.45) is 5.92 Å². The lowest BCUT2D eigenvalue weighted by atomic mass is 10.0. The van der Waals surface area contributed by atoms with Gasteiger partial charge in [0, 0.05) is 38.9 Å². The molecule has 190 valence electrons. The quantitative estimate of drug-likeness (QED) is 0.414. The molecule has 1 fully saturated rings. The average molecular weight is 482 g/mol. The highest BCUT2D eigenvalue weighted by atomic mass is 16.5. The summed E-state index contributed by atoms with van der Waals surface area (Å²) >= 11 is 0. The third kappa shape index (κ3) is 5.57. The predicted octanol–water partition coefficient (Wildman–Crippen LogP) is 4.85. The molecule has 2 aromatic carbocycles. The Balaban J connectivity index is 1.39. The van der Waals surface area contributed by atoms with Gasteiger partial charge in [0.05, 0.1) is 18.1 Å². The van der Waals surface area contributed by atoms with Crippen LogP contribution in [0.4, 0.5) is 0 Å². The fourth-order valence-corrected chi connectivity index (χ4v) is 5.08. The number of aryl methyl sites for hydroxylation is 1. The van der Waals surface area contributed by atoms with Gasteiger partial charge in [-0.1, -0.05) is 32.0 Å². The van der Waals surface area contributed by atoms with E-state index >= 15 is 0 Å². The minimum absolute atomic E-state index is 0.0217. The Morgan fingerprint density at radius 3 is 2.40 bits per heavy atom. The van der Waals surface area contributed by atoms with Gasteiger partial charge in [0.15, 0.2) is 0 Å². The molecular weight excluding hydrogens is 442 g/mol. The summed E-state index contributed by atoms with van der Waals surface area (Å²) in [6.45, 7) is 9.72. The molecule has 0 amide bonds. The molecule has 0 saturated carbocycles. The van der Waals surface area contributed by atoms with Gasteiger partial charge in [0.2, 0.25) is 0 Å². The fraction of sp³-hybridized carbons (Fsp3) is 0.536. The first-order valence-electron chi connectivity index (χ1n) is 12.6. The number of benzene rings is 2. The second-order valence-corrected chi connectivity index (χ2v) is 9.88. The summed E-state index contributed by atoms with van der Waals surface area (Å²) in [5.74, 6) is 2.12. The highest BCUT2D eigenvalue weighted by Crippen LogP contribution is 2.29. The van der Waals surface area contributed by atoms with Crippen LogP contribution in [0.15, 0.2) is 47.3 Å². The zero-order valence-electron chi connectivity index (χ0n) is 21.7. The van der Waals surface area contributed by atoms with Gasteiger partial charge in [0.1, 0.15) is 24.3 Å². The molecule has 0 bridgehead atoms. The van der Waals surface area contributed by atoms with Crippen LogP contribution >= 0.6 is 0 Å². The molecule has 1 atom stereocenters. The molecule has 1 aliphatic heterocycles. The monoisotopic (exact) mass is 481 g/mol. The molecule has 35 heavy (non-hydrogen) atoms. The first kappa shape index (κ1) is 25.3. The smallest absolute Gasteiger partial charge is 0.331 e. The molecule has 7 heteroatoms. The van der Waals surface area contributed by atoms with Gasteiger partial charge < -0.3 is 19.1 Å². The lowest BCUT2D eigenvalue weighted by Crippen LogP contribution is -2.40. The topological polar surface area (TPSA) is 57.9 Å². The lowest BCUT2D eigenvalue weighted by Gasteiger charge is -2.34. The van der Waals surface area contributed by atoms with E-state index in [0.717, 1.165) is 67.0 Å². The number of fused-ring (bicyclic) bond motifs is 1. The number of piperidine rings is 1. The first-order chi connectivity index (χ1) is 16.9. The van der Waals surface area contributed by atoms with Crippen LogP contribution in [0.3, 0.4) is 0 Å². The predicted molar refractivity (Wildman–Crippen MR) is 140 cm³/mol. The molecule has 1 aliphatic rings. The van der Waals surface area contributed by atoms with Gasteiger partial charge in [-0.2, -0.15) is 0 Å². The van der Waals surface area contributed by atoms with Gasteiger partial charge in [0.25, 0.3) is 0 Å². The molecule has 0 unspecified atom stereocenters. The van der Waals surface area contributed by atoms with Crippen LogP contribution in [0.25, 0.3) is 11.0 Å². The van der Waals surface area contributed by atoms with E-state index in [2.05, 4.69) is 25.7 Å². The molecule has 0 aliphatic carbocycles. The van der Waals surface area contributed by atoms with Crippen molar-refractivity contribution < 1.29 is 14.2 Å². The van der Waals surface area contributed by atoms with Gasteiger partial charge in [-0.15, -0.1) is 0 Å². The number of imidazole rings is 1. The van der Waals surface area contributed by atoms with Crippen LogP contribution in [0.1, 0.15) is 44.7 Å². The van der Waals surface area contributed by atoms with Crippen molar-refractivity contribution in [3.05, 3.63) is 58.5 Å². The molecule has 4 rings (SSSR count). The molecule has 3 aromatic rings. The summed E-state index contributed by atoms with van der Waals surface area (Å²) in [4.78, 5) is 15.7. The fourth-order valence-electron chi connectivity index (χ4n) is 5.08. The van der Waals surface area contributed by atoms with E-state index < -0.39 is 0 Å². The van der Waals surface area contributed by atoms with Crippen molar-refractivity contribution >= 4 is 11.0 Å². The molecule has 0 spiro atoms. The van der Waals surface area contributed by atoms with Crippen LogP contribution in [0.2, 0.25) is 0 Å². The minimum Gasteiger partial charge on any atom is -0.497 e. The number of hydrogen-bond acceptors (Lipinski definition) is 5. The van der Waals surface area contributed by atoms with Crippen LogP contribution in [0, 0.1) is 12.8 Å². The maximum atomic E-state index is 13.2. The van der Waals surface area contributed by atoms with E-state index in [0.29, 0.717) is 5.92 Å². The van der Waals surface area contributed by atoms with E-state index in [1.165, 1.54) is 0 Å². The number of para-hydroxylation sites is 2. The number of hydrogen-bond donors (Lipinski definition) is 0. The number of rotatable bonds is 10. The molecule has 0 radical (unpaired) electrons. The summed E-state index contributed by atoms with van der Waals surface area (Å²) in [5, 5.41) is 0. The second kappa shape index (κ2) is 11.3. The normalized spacial score (nSPS) is 16.2. The number of likely N-dealkylation sites (tertiary alicyclic amines) is 1. The summed E-state index contributed by atoms with van der Waals surface area (Å²) in [6, 6.07) is 14.2. The molecule has 2 heterocycles. The Kier molecular flexibility index (Phi) is 8.19. The Morgan fingerprint density at radius 2 is 1.74 bits per heavy atom. The van der Waals surface area contributed by atoms with Crippen molar-refractivity contribution in [2.45, 2.75) is 58.9 Å². The van der Waals surface area contributed by atoms with Crippen molar-refractivity contribution in [3.8, 4) is 11.5 Å². The van der Waals surface area contributed by atoms with E-state index in [1.54, 1.807) is 18.8 Å². The number of methoxy groups -OCH3 is 2. The van der Waals surface area contributed by atoms with Crippen molar-refractivity contribution in [1.82, 2.24) is 14.0 Å². The highest BCUT2D eigenvalue weighted by Gasteiger charge is 2.26. The van der Waals surface area contributed by atoms with E-state index in [-0.39, 0.29) is 24.6 Å². The second-order valence-electron chi connectivity index (χ2n) is 9.88. The molecule has 1 saturated heterocycles. The standard InChI is InChI=1S/C28H39N3O4/c1-20(2)26(35-27-18-23(34-5)11-10-21(27)3)14-17-29-15-12-22(13-16-29)31-25-9-7-6-8-24(25)30(19-33-4)28(31)32/h6-11,18,20,22,26H,12-17,19H2,1-5H3/t26-/m0/s1. The van der Waals surface area contributed by atoms with E-state index in [1.807, 2.05) is 47.0 Å². The SMILES string of the molecule is COCn1c(=O)n(C2CCN(CC[C@H](Oc3cc(OC)ccc3C)C(C)C)CC2)c2ccccc21. The molecule has 7 nitrogen and oxygen atoms in total. The van der Waals surface area contributed by atoms with Crippen molar-refractivity contribution in [2.75, 3.05) is 33.9 Å². The molecule has 0 N–H and O–H groups in total. The van der Waals surface area contributed by atoms with Crippen LogP contribution in [-0.2, 0) is 11.5 Å². The first-order valence-corrected chi connectivity index (χ1v) is 12.6. The molecule has 1 aromatic heterocycles. The maximum Gasteiger partial charge on any atom is 0.331 e. The summed E-state index contributed by atoms with van der Waals surface area (Å²) in [7, 11) is 3.31. The van der Waals surface area contributed by atoms with Crippen LogP contribution in [0.5, 0.6) is 11.5 Å². The third-order valence-electron chi connectivity index (χ3n) is 7.20. The van der Waals surface area contributed by atoms with Gasteiger partial charge in [-0.3, -0.25) is 9.13 Å². The summed E-state index contributed by atoms with van der Waals surface area (Å²) in [5.41, 5.74) is 3.07. The molecular formula is C28H39N3O4. The minimum atomic E-state index is 0.0217. The summed E-state index contributed by atoms with van der Waals surface area (Å²) in [6.07, 6.45) is 3.02. The Morgan fingerprint density at radius 1 is 1.03 bits per heavy atom. The largest absolute Gasteiger partial charge is 0.497 e. The Hall–Kier alpha value is -2.77. The summed E-state index contributed by atoms with van der Waals surface area (Å²) < 4.78 is 20.8. The number of aromatic nitrogens is 2. The lowest BCUT2D eigenvalue weighted by molar-refractivity contribution is 0.108.